The normalized spacial score (nSPS) is 12.9. The van der Waals surface area contributed by atoms with Crippen LogP contribution in [0.5, 0.6) is 0 Å². The predicted molar refractivity (Wildman–Crippen MR) is 45.5 cm³/mol. The minimum Gasteiger partial charge on any atom is -0.382 e. The first-order chi connectivity index (χ1) is 5.35. The van der Waals surface area contributed by atoms with E-state index >= 15 is 0 Å². The fraction of sp³-hybridized carbons (Fsp3) is 0.750. The van der Waals surface area contributed by atoms with Gasteiger partial charge in [-0.05, 0) is 6.42 Å². The zero-order valence-electron chi connectivity index (χ0n) is 7.08. The first-order valence-corrected chi connectivity index (χ1v) is 3.76. The molecule has 0 aromatic heterocycles. The van der Waals surface area contributed by atoms with Gasteiger partial charge in [-0.2, -0.15) is 0 Å². The predicted octanol–water partition coefficient (Wildman–Crippen LogP) is 0.553. The van der Waals surface area contributed by atoms with Crippen LogP contribution in [0, 0.1) is 0 Å². The molecule has 0 saturated carbocycles. The van der Waals surface area contributed by atoms with Crippen LogP contribution in [0.1, 0.15) is 6.42 Å². The van der Waals surface area contributed by atoms with E-state index in [1.165, 1.54) is 0 Å². The van der Waals surface area contributed by atoms with Gasteiger partial charge in [0.15, 0.2) is 0 Å². The van der Waals surface area contributed by atoms with Gasteiger partial charge in [0, 0.05) is 13.7 Å². The highest BCUT2D eigenvalue weighted by Crippen LogP contribution is 1.92. The Kier molecular flexibility index (Phi) is 7.46. The Balaban J connectivity index is 3.27. The third kappa shape index (κ3) is 6.04. The topological polar surface area (TPSA) is 44.5 Å². The molecule has 0 aromatic rings. The van der Waals surface area contributed by atoms with E-state index in [9.17, 15) is 0 Å². The van der Waals surface area contributed by atoms with Crippen LogP contribution in [-0.4, -0.2) is 33.0 Å². The highest BCUT2D eigenvalue weighted by atomic mass is 16.5. The van der Waals surface area contributed by atoms with Crippen molar-refractivity contribution >= 4 is 0 Å². The van der Waals surface area contributed by atoms with Crippen LogP contribution in [-0.2, 0) is 9.47 Å². The number of hydrogen-bond donors (Lipinski definition) is 1. The van der Waals surface area contributed by atoms with Crippen LogP contribution >= 0.6 is 0 Å². The van der Waals surface area contributed by atoms with Crippen molar-refractivity contribution in [3.63, 3.8) is 0 Å². The fourth-order valence-electron chi connectivity index (χ4n) is 0.688. The monoisotopic (exact) mass is 159 g/mol. The molecule has 0 bridgehead atoms. The maximum atomic E-state index is 5.41. The van der Waals surface area contributed by atoms with Gasteiger partial charge in [-0.1, -0.05) is 6.08 Å². The molecular weight excluding hydrogens is 142 g/mol. The van der Waals surface area contributed by atoms with Crippen molar-refractivity contribution < 1.29 is 9.47 Å². The third-order valence-corrected chi connectivity index (χ3v) is 1.29. The molecule has 0 amide bonds. The lowest BCUT2D eigenvalue weighted by atomic mass is 10.4. The van der Waals surface area contributed by atoms with Crippen molar-refractivity contribution in [3.05, 3.63) is 12.7 Å². The zero-order valence-corrected chi connectivity index (χ0v) is 7.08. The summed E-state index contributed by atoms with van der Waals surface area (Å²) in [5, 5.41) is 0. The molecule has 0 radical (unpaired) electrons. The molecule has 0 aliphatic heterocycles. The maximum Gasteiger partial charge on any atom is 0.0930 e. The maximum absolute atomic E-state index is 5.41. The quantitative estimate of drug-likeness (QED) is 0.436. The Morgan fingerprint density at radius 1 is 1.64 bits per heavy atom. The third-order valence-electron chi connectivity index (χ3n) is 1.29. The molecule has 0 saturated heterocycles. The van der Waals surface area contributed by atoms with Crippen LogP contribution in [0.4, 0.5) is 0 Å². The summed E-state index contributed by atoms with van der Waals surface area (Å²) in [4.78, 5) is 0. The van der Waals surface area contributed by atoms with Gasteiger partial charge in [0.2, 0.25) is 0 Å². The second kappa shape index (κ2) is 7.72. The van der Waals surface area contributed by atoms with Gasteiger partial charge in [0.1, 0.15) is 0 Å². The molecule has 0 spiro atoms. The number of hydrogen-bond acceptors (Lipinski definition) is 3. The second-order valence-corrected chi connectivity index (χ2v) is 2.26. The van der Waals surface area contributed by atoms with E-state index in [1.54, 1.807) is 7.11 Å². The van der Waals surface area contributed by atoms with Gasteiger partial charge in [-0.3, -0.25) is 0 Å². The first kappa shape index (κ1) is 10.6. The summed E-state index contributed by atoms with van der Waals surface area (Å²) in [5.41, 5.74) is 5.41. The van der Waals surface area contributed by atoms with Crippen molar-refractivity contribution in [2.24, 2.45) is 5.73 Å². The highest BCUT2D eigenvalue weighted by molar-refractivity contribution is 4.66. The van der Waals surface area contributed by atoms with E-state index < -0.39 is 0 Å². The lowest BCUT2D eigenvalue weighted by Crippen LogP contribution is -2.28. The average molecular weight is 159 g/mol. The number of rotatable bonds is 7. The van der Waals surface area contributed by atoms with Crippen LogP contribution in [0.3, 0.4) is 0 Å². The van der Waals surface area contributed by atoms with Crippen LogP contribution < -0.4 is 5.73 Å². The van der Waals surface area contributed by atoms with Gasteiger partial charge < -0.3 is 15.2 Å². The van der Waals surface area contributed by atoms with E-state index in [2.05, 4.69) is 6.58 Å². The van der Waals surface area contributed by atoms with Crippen LogP contribution in [0.15, 0.2) is 12.7 Å². The molecule has 3 heteroatoms. The van der Waals surface area contributed by atoms with E-state index in [4.69, 9.17) is 15.2 Å². The van der Waals surface area contributed by atoms with Crippen molar-refractivity contribution in [2.75, 3.05) is 26.9 Å². The summed E-state index contributed by atoms with van der Waals surface area (Å²) >= 11 is 0. The van der Waals surface area contributed by atoms with E-state index in [0.717, 1.165) is 6.42 Å². The van der Waals surface area contributed by atoms with Crippen molar-refractivity contribution in [1.29, 1.82) is 0 Å². The molecular formula is C8H17NO2. The highest BCUT2D eigenvalue weighted by Gasteiger charge is 2.03. The van der Waals surface area contributed by atoms with Gasteiger partial charge in [-0.25, -0.2) is 0 Å². The molecule has 0 fully saturated rings. The minimum absolute atomic E-state index is 0.0277. The molecule has 2 N–H and O–H groups in total. The molecule has 0 heterocycles. The van der Waals surface area contributed by atoms with Gasteiger partial charge in [0.25, 0.3) is 0 Å². The largest absolute Gasteiger partial charge is 0.382 e. The van der Waals surface area contributed by atoms with E-state index in [-0.39, 0.29) is 6.10 Å². The van der Waals surface area contributed by atoms with E-state index in [1.807, 2.05) is 6.08 Å². The summed E-state index contributed by atoms with van der Waals surface area (Å²) in [6, 6.07) is 0. The summed E-state index contributed by atoms with van der Waals surface area (Å²) in [6.45, 7) is 5.33. The summed E-state index contributed by atoms with van der Waals surface area (Å²) < 4.78 is 10.2. The fourth-order valence-corrected chi connectivity index (χ4v) is 0.688. The Bertz CT molecular complexity index is 96.1. The molecule has 1 unspecified atom stereocenters. The summed E-state index contributed by atoms with van der Waals surface area (Å²) in [5.74, 6) is 0. The second-order valence-electron chi connectivity index (χ2n) is 2.26. The molecule has 11 heavy (non-hydrogen) atoms. The smallest absolute Gasteiger partial charge is 0.0930 e. The van der Waals surface area contributed by atoms with Gasteiger partial charge in [-0.15, -0.1) is 6.58 Å². The lowest BCUT2D eigenvalue weighted by molar-refractivity contribution is 0.00571. The molecule has 0 aromatic carbocycles. The number of ether oxygens (including phenoxy) is 2. The first-order valence-electron chi connectivity index (χ1n) is 3.76. The lowest BCUT2D eigenvalue weighted by Gasteiger charge is -2.13. The Morgan fingerprint density at radius 3 is 2.82 bits per heavy atom. The van der Waals surface area contributed by atoms with Crippen LogP contribution in [0.2, 0.25) is 0 Å². The molecule has 0 aliphatic rings. The number of nitrogens with two attached hydrogens (primary N) is 1. The molecule has 3 nitrogen and oxygen atoms in total. The molecule has 0 aliphatic carbocycles. The Hall–Kier alpha value is -0.380. The number of methoxy groups -OCH3 is 1. The van der Waals surface area contributed by atoms with Gasteiger partial charge in [0.05, 0.1) is 19.3 Å². The standard InChI is InChI=1S/C8H17NO2/c1-3-4-5-11-8(6-9)7-10-2/h3,8H,1,4-7,9H2,2H3. The SMILES string of the molecule is C=CCCOC(CN)COC. The summed E-state index contributed by atoms with van der Waals surface area (Å²) in [6.07, 6.45) is 2.71. The van der Waals surface area contributed by atoms with Crippen molar-refractivity contribution in [3.8, 4) is 0 Å². The van der Waals surface area contributed by atoms with Crippen LogP contribution in [0.25, 0.3) is 0 Å². The molecule has 0 rings (SSSR count). The Labute approximate surface area is 68.2 Å². The molecule has 1 atom stereocenters. The average Bonchev–Trinajstić information content (AvgIpc) is 2.03. The van der Waals surface area contributed by atoms with Crippen molar-refractivity contribution in [1.82, 2.24) is 0 Å². The Morgan fingerprint density at radius 2 is 2.36 bits per heavy atom. The zero-order chi connectivity index (χ0) is 8.53. The van der Waals surface area contributed by atoms with Gasteiger partial charge >= 0.3 is 0 Å². The van der Waals surface area contributed by atoms with Crippen molar-refractivity contribution in [2.45, 2.75) is 12.5 Å². The summed E-state index contributed by atoms with van der Waals surface area (Å²) in [7, 11) is 1.64. The minimum atomic E-state index is 0.0277. The molecule has 66 valence electrons. The van der Waals surface area contributed by atoms with E-state index in [0.29, 0.717) is 19.8 Å².